The SMILES string of the molecule is CN(CCCNc1c2ccccc2nc2ccccc12)CCc1ccccc1. The van der Waals surface area contributed by atoms with Crippen LogP contribution in [0.1, 0.15) is 12.0 Å². The Morgan fingerprint density at radius 3 is 2.04 bits per heavy atom. The minimum absolute atomic E-state index is 0.952. The molecule has 0 spiro atoms. The van der Waals surface area contributed by atoms with Gasteiger partial charge < -0.3 is 10.2 Å². The van der Waals surface area contributed by atoms with Crippen LogP contribution in [0.5, 0.6) is 0 Å². The number of nitrogens with zero attached hydrogens (tertiary/aromatic N) is 2. The van der Waals surface area contributed by atoms with E-state index < -0.39 is 0 Å². The van der Waals surface area contributed by atoms with Crippen molar-refractivity contribution in [2.75, 3.05) is 32.0 Å². The van der Waals surface area contributed by atoms with Crippen LogP contribution in [0, 0.1) is 0 Å². The second-order valence-electron chi connectivity index (χ2n) is 7.34. The quantitative estimate of drug-likeness (QED) is 0.334. The molecule has 4 rings (SSSR count). The summed E-state index contributed by atoms with van der Waals surface area (Å²) in [5.41, 5.74) is 4.70. The fourth-order valence-electron chi connectivity index (χ4n) is 3.67. The van der Waals surface area contributed by atoms with Crippen LogP contribution in [0.25, 0.3) is 21.8 Å². The zero-order valence-corrected chi connectivity index (χ0v) is 16.4. The number of benzene rings is 3. The van der Waals surface area contributed by atoms with Crippen molar-refractivity contribution >= 4 is 27.5 Å². The van der Waals surface area contributed by atoms with Crippen LogP contribution in [0.15, 0.2) is 78.9 Å². The van der Waals surface area contributed by atoms with E-state index in [2.05, 4.69) is 96.1 Å². The van der Waals surface area contributed by atoms with Gasteiger partial charge in [0.1, 0.15) is 0 Å². The molecule has 0 radical (unpaired) electrons. The van der Waals surface area contributed by atoms with E-state index in [1.165, 1.54) is 22.0 Å². The summed E-state index contributed by atoms with van der Waals surface area (Å²) in [7, 11) is 2.21. The van der Waals surface area contributed by atoms with E-state index in [1.807, 2.05) is 0 Å². The zero-order valence-electron chi connectivity index (χ0n) is 16.4. The molecule has 4 aromatic rings. The Morgan fingerprint density at radius 2 is 1.36 bits per heavy atom. The lowest BCUT2D eigenvalue weighted by Gasteiger charge is -2.18. The molecule has 0 bridgehead atoms. The van der Waals surface area contributed by atoms with Gasteiger partial charge in [-0.2, -0.15) is 0 Å². The van der Waals surface area contributed by atoms with Crippen molar-refractivity contribution in [1.29, 1.82) is 0 Å². The third kappa shape index (κ3) is 4.32. The van der Waals surface area contributed by atoms with E-state index in [0.29, 0.717) is 0 Å². The van der Waals surface area contributed by atoms with Gasteiger partial charge >= 0.3 is 0 Å². The molecule has 0 unspecified atom stereocenters. The van der Waals surface area contributed by atoms with Gasteiger partial charge in [-0.25, -0.2) is 4.98 Å². The number of pyridine rings is 1. The Bertz CT molecular complexity index is 989. The predicted molar refractivity (Wildman–Crippen MR) is 120 cm³/mol. The van der Waals surface area contributed by atoms with Crippen LogP contribution in [-0.4, -0.2) is 36.6 Å². The first kappa shape index (κ1) is 18.5. The Balaban J connectivity index is 1.37. The van der Waals surface area contributed by atoms with Crippen LogP contribution in [-0.2, 0) is 6.42 Å². The fraction of sp³-hybridized carbons (Fsp3) is 0.240. The highest BCUT2D eigenvalue weighted by Gasteiger charge is 2.08. The van der Waals surface area contributed by atoms with Gasteiger partial charge in [0.15, 0.2) is 0 Å². The predicted octanol–water partition coefficient (Wildman–Crippen LogP) is 5.36. The van der Waals surface area contributed by atoms with Crippen LogP contribution in [0.3, 0.4) is 0 Å². The summed E-state index contributed by atoms with van der Waals surface area (Å²) in [5.74, 6) is 0. The minimum Gasteiger partial charge on any atom is -0.384 e. The molecule has 3 heteroatoms. The van der Waals surface area contributed by atoms with Crippen LogP contribution < -0.4 is 5.32 Å². The van der Waals surface area contributed by atoms with Crippen molar-refractivity contribution in [3.05, 3.63) is 84.4 Å². The zero-order chi connectivity index (χ0) is 19.2. The van der Waals surface area contributed by atoms with E-state index in [0.717, 1.165) is 43.5 Å². The van der Waals surface area contributed by atoms with Gasteiger partial charge in [0, 0.05) is 23.9 Å². The Kier molecular flexibility index (Phi) is 5.83. The van der Waals surface area contributed by atoms with Crippen LogP contribution in [0.2, 0.25) is 0 Å². The van der Waals surface area contributed by atoms with Gasteiger partial charge in [0.05, 0.1) is 16.7 Å². The highest BCUT2D eigenvalue weighted by atomic mass is 15.1. The maximum Gasteiger partial charge on any atom is 0.0730 e. The van der Waals surface area contributed by atoms with E-state index in [4.69, 9.17) is 4.98 Å². The van der Waals surface area contributed by atoms with Crippen molar-refractivity contribution in [3.8, 4) is 0 Å². The average molecular weight is 370 g/mol. The van der Waals surface area contributed by atoms with Crippen molar-refractivity contribution in [2.24, 2.45) is 0 Å². The number of fused-ring (bicyclic) bond motifs is 2. The summed E-state index contributed by atoms with van der Waals surface area (Å²) < 4.78 is 0. The monoisotopic (exact) mass is 369 g/mol. The van der Waals surface area contributed by atoms with Gasteiger partial charge in [-0.3, -0.25) is 0 Å². The molecule has 0 aliphatic carbocycles. The number of hydrogen-bond acceptors (Lipinski definition) is 3. The molecule has 3 nitrogen and oxygen atoms in total. The van der Waals surface area contributed by atoms with E-state index >= 15 is 0 Å². The second-order valence-corrected chi connectivity index (χ2v) is 7.34. The number of likely N-dealkylation sites (N-methyl/N-ethyl adjacent to an activating group) is 1. The number of nitrogens with one attached hydrogen (secondary N) is 1. The lowest BCUT2D eigenvalue weighted by atomic mass is 10.1. The summed E-state index contributed by atoms with van der Waals surface area (Å²) in [6, 6.07) is 27.5. The van der Waals surface area contributed by atoms with Crippen molar-refractivity contribution < 1.29 is 0 Å². The van der Waals surface area contributed by atoms with E-state index in [-0.39, 0.29) is 0 Å². The van der Waals surface area contributed by atoms with Gasteiger partial charge in [-0.15, -0.1) is 0 Å². The maximum atomic E-state index is 4.80. The standard InChI is InChI=1S/C25H27N3/c1-28(19-16-20-10-3-2-4-11-20)18-9-17-26-25-21-12-5-7-14-23(21)27-24-15-8-6-13-22(24)25/h2-8,10-15H,9,16-19H2,1H3,(H,26,27). The summed E-state index contributed by atoms with van der Waals surface area (Å²) >= 11 is 0. The molecule has 0 atom stereocenters. The van der Waals surface area contributed by atoms with Crippen molar-refractivity contribution in [2.45, 2.75) is 12.8 Å². The number of anilines is 1. The highest BCUT2D eigenvalue weighted by Crippen LogP contribution is 2.30. The molecule has 1 heterocycles. The van der Waals surface area contributed by atoms with Crippen LogP contribution >= 0.6 is 0 Å². The first-order valence-electron chi connectivity index (χ1n) is 10.0. The molecule has 142 valence electrons. The molecule has 0 aliphatic rings. The topological polar surface area (TPSA) is 28.2 Å². The average Bonchev–Trinajstić information content (AvgIpc) is 2.75. The molecule has 0 amide bonds. The van der Waals surface area contributed by atoms with Gasteiger partial charge in [-0.1, -0.05) is 66.7 Å². The first-order chi connectivity index (χ1) is 13.8. The van der Waals surface area contributed by atoms with Crippen LogP contribution in [0.4, 0.5) is 5.69 Å². The number of rotatable bonds is 8. The molecule has 3 aromatic carbocycles. The first-order valence-corrected chi connectivity index (χ1v) is 10.0. The summed E-state index contributed by atoms with van der Waals surface area (Å²) in [4.78, 5) is 7.21. The van der Waals surface area contributed by atoms with E-state index in [9.17, 15) is 0 Å². The third-order valence-corrected chi connectivity index (χ3v) is 5.23. The molecule has 0 fully saturated rings. The summed E-state index contributed by atoms with van der Waals surface area (Å²) in [5, 5.41) is 6.08. The second kappa shape index (κ2) is 8.85. The number of para-hydroxylation sites is 2. The molecular weight excluding hydrogens is 342 g/mol. The van der Waals surface area contributed by atoms with Crippen molar-refractivity contribution in [3.63, 3.8) is 0 Å². The minimum atomic E-state index is 0.952. The number of aromatic nitrogens is 1. The Morgan fingerprint density at radius 1 is 0.750 bits per heavy atom. The summed E-state index contributed by atoms with van der Waals surface area (Å²) in [6.07, 6.45) is 2.21. The molecule has 1 aromatic heterocycles. The van der Waals surface area contributed by atoms with Gasteiger partial charge in [-0.05, 0) is 44.1 Å². The molecule has 0 saturated heterocycles. The maximum absolute atomic E-state index is 4.80. The third-order valence-electron chi connectivity index (χ3n) is 5.23. The fourth-order valence-corrected chi connectivity index (χ4v) is 3.67. The molecule has 0 saturated carbocycles. The van der Waals surface area contributed by atoms with Gasteiger partial charge in [0.25, 0.3) is 0 Å². The lowest BCUT2D eigenvalue weighted by Crippen LogP contribution is -2.24. The molecular formula is C25H27N3. The lowest BCUT2D eigenvalue weighted by molar-refractivity contribution is 0.337. The highest BCUT2D eigenvalue weighted by molar-refractivity contribution is 6.07. The Labute approximate surface area is 167 Å². The molecule has 28 heavy (non-hydrogen) atoms. The smallest absolute Gasteiger partial charge is 0.0730 e. The largest absolute Gasteiger partial charge is 0.384 e. The number of hydrogen-bond donors (Lipinski definition) is 1. The van der Waals surface area contributed by atoms with Crippen molar-refractivity contribution in [1.82, 2.24) is 9.88 Å². The molecule has 0 aliphatic heterocycles. The molecule has 1 N–H and O–H groups in total. The normalized spacial score (nSPS) is 11.4. The van der Waals surface area contributed by atoms with Gasteiger partial charge in [0.2, 0.25) is 0 Å². The summed E-state index contributed by atoms with van der Waals surface area (Å²) in [6.45, 7) is 3.12. The van der Waals surface area contributed by atoms with E-state index in [1.54, 1.807) is 0 Å². The Hall–Kier alpha value is -2.91.